The van der Waals surface area contributed by atoms with E-state index in [2.05, 4.69) is 44.0 Å². The number of nitrogens with zero attached hydrogens (tertiary/aromatic N) is 5. The number of allylic oxidation sites excluding steroid dienone is 1. The molecular weight excluding hydrogens is 543 g/mol. The minimum absolute atomic E-state index is 0.0130. The fourth-order valence-corrected chi connectivity index (χ4v) is 5.47. The van der Waals surface area contributed by atoms with Crippen molar-refractivity contribution in [3.05, 3.63) is 78.4 Å². The van der Waals surface area contributed by atoms with Gasteiger partial charge in [0.1, 0.15) is 22.5 Å². The van der Waals surface area contributed by atoms with Crippen molar-refractivity contribution in [1.82, 2.24) is 20.0 Å². The lowest BCUT2D eigenvalue weighted by molar-refractivity contribution is 0.557. The normalized spacial score (nSPS) is 13.7. The van der Waals surface area contributed by atoms with Gasteiger partial charge >= 0.3 is 0 Å². The van der Waals surface area contributed by atoms with Gasteiger partial charge in [-0.1, -0.05) is 35.9 Å². The number of nitrogens with one attached hydrogen (secondary N) is 1. The van der Waals surface area contributed by atoms with E-state index in [9.17, 15) is 12.8 Å². The molecule has 12 heteroatoms. The Balaban J connectivity index is 1.38. The zero-order valence-electron chi connectivity index (χ0n) is 21.3. The number of aromatic nitrogens is 4. The predicted molar refractivity (Wildman–Crippen MR) is 148 cm³/mol. The molecule has 4 aromatic rings. The summed E-state index contributed by atoms with van der Waals surface area (Å²) in [6.45, 7) is 3.90. The number of benzene rings is 1. The van der Waals surface area contributed by atoms with Crippen LogP contribution in [0.15, 0.2) is 76.8 Å². The molecule has 1 fully saturated rings. The van der Waals surface area contributed by atoms with Gasteiger partial charge in [-0.25, -0.2) is 17.5 Å². The van der Waals surface area contributed by atoms with Gasteiger partial charge in [-0.15, -0.1) is 5.10 Å². The van der Waals surface area contributed by atoms with Gasteiger partial charge in [0.05, 0.1) is 35.1 Å². The van der Waals surface area contributed by atoms with Crippen molar-refractivity contribution in [2.45, 2.75) is 37.5 Å². The molecule has 1 aromatic carbocycles. The van der Waals surface area contributed by atoms with E-state index >= 15 is 0 Å². The first kappa shape index (κ1) is 26.9. The Labute approximate surface area is 231 Å². The summed E-state index contributed by atoms with van der Waals surface area (Å²) in [6.07, 6.45) is 16.4. The number of sulfonamides is 1. The van der Waals surface area contributed by atoms with Crippen molar-refractivity contribution in [2.75, 3.05) is 22.7 Å². The highest BCUT2D eigenvalue weighted by Gasteiger charge is 2.22. The minimum atomic E-state index is -3.98. The maximum Gasteiger partial charge on any atom is 0.265 e. The van der Waals surface area contributed by atoms with E-state index in [1.165, 1.54) is 42.1 Å². The Morgan fingerprint density at radius 3 is 2.85 bits per heavy atom. The van der Waals surface area contributed by atoms with Crippen molar-refractivity contribution in [1.29, 1.82) is 0 Å². The Morgan fingerprint density at radius 2 is 2.10 bits per heavy atom. The molecule has 1 N–H and O–H groups in total. The third kappa shape index (κ3) is 6.31. The number of pyridine rings is 1. The molecule has 0 spiro atoms. The number of halogens is 2. The largest absolute Gasteiger partial charge is 0.471 e. The van der Waals surface area contributed by atoms with Crippen molar-refractivity contribution in [3.63, 3.8) is 0 Å². The molecule has 0 radical (unpaired) electrons. The predicted octanol–water partition coefficient (Wildman–Crippen LogP) is 6.09. The van der Waals surface area contributed by atoms with Gasteiger partial charge in [0.2, 0.25) is 0 Å². The average molecular weight is 571 g/mol. The molecule has 9 nitrogen and oxygen atoms in total. The number of rotatable bonds is 12. The third-order valence-electron chi connectivity index (χ3n) is 6.31. The van der Waals surface area contributed by atoms with Crippen LogP contribution in [0.2, 0.25) is 5.02 Å². The van der Waals surface area contributed by atoms with Gasteiger partial charge < -0.3 is 9.32 Å². The first-order valence-corrected chi connectivity index (χ1v) is 14.5. The molecule has 1 aliphatic carbocycles. The molecule has 3 aromatic heterocycles. The van der Waals surface area contributed by atoms with Crippen LogP contribution in [0.4, 0.5) is 15.8 Å². The summed E-state index contributed by atoms with van der Waals surface area (Å²) in [7, 11) is -3.98. The summed E-state index contributed by atoms with van der Waals surface area (Å²) < 4.78 is 48.5. The minimum Gasteiger partial charge on any atom is -0.471 e. The number of anilines is 2. The van der Waals surface area contributed by atoms with Gasteiger partial charge in [0, 0.05) is 24.8 Å². The molecule has 5 rings (SSSR count). The lowest BCUT2D eigenvalue weighted by Crippen LogP contribution is -2.25. The van der Waals surface area contributed by atoms with Crippen LogP contribution < -0.4 is 9.62 Å². The monoisotopic (exact) mass is 570 g/mol. The smallest absolute Gasteiger partial charge is 0.265 e. The Kier molecular flexibility index (Phi) is 7.99. The summed E-state index contributed by atoms with van der Waals surface area (Å²) >= 11 is 6.45. The molecule has 0 aliphatic heterocycles. The van der Waals surface area contributed by atoms with Crippen LogP contribution in [0, 0.1) is 11.7 Å². The van der Waals surface area contributed by atoms with E-state index in [-0.39, 0.29) is 21.3 Å². The van der Waals surface area contributed by atoms with Gasteiger partial charge in [0.15, 0.2) is 5.82 Å². The van der Waals surface area contributed by atoms with E-state index in [0.29, 0.717) is 11.3 Å². The highest BCUT2D eigenvalue weighted by molar-refractivity contribution is 7.92. The Hall–Kier alpha value is -3.70. The second-order valence-corrected chi connectivity index (χ2v) is 11.4. The molecule has 1 saturated carbocycles. The molecule has 0 unspecified atom stereocenters. The zero-order chi connectivity index (χ0) is 27.4. The molecule has 3 heterocycles. The summed E-state index contributed by atoms with van der Waals surface area (Å²) in [5.74, 6) is 0.0656. The number of furan rings is 1. The number of hydrogen-bond acceptors (Lipinski definition) is 7. The molecule has 0 saturated heterocycles. The van der Waals surface area contributed by atoms with E-state index < -0.39 is 15.8 Å². The SMILES string of the molecule is CCCN(CC/C=C\C1CC1)c1cncc(-c2cn(-c3c(F)ccc(NS(=O)(=O)c4ccoc4)c3Cl)nn2)c1. The highest BCUT2D eigenvalue weighted by Crippen LogP contribution is 2.33. The second kappa shape index (κ2) is 11.6. The van der Waals surface area contributed by atoms with E-state index in [4.69, 9.17) is 16.0 Å². The van der Waals surface area contributed by atoms with Crippen LogP contribution in [-0.4, -0.2) is 41.5 Å². The molecule has 0 bridgehead atoms. The van der Waals surface area contributed by atoms with E-state index in [0.717, 1.165) is 49.9 Å². The van der Waals surface area contributed by atoms with E-state index in [1.807, 2.05) is 12.3 Å². The Morgan fingerprint density at radius 1 is 1.26 bits per heavy atom. The maximum atomic E-state index is 14.9. The first-order valence-electron chi connectivity index (χ1n) is 12.7. The zero-order valence-corrected chi connectivity index (χ0v) is 22.9. The van der Waals surface area contributed by atoms with Crippen LogP contribution in [0.25, 0.3) is 16.9 Å². The lowest BCUT2D eigenvalue weighted by Gasteiger charge is -2.23. The molecule has 204 valence electrons. The van der Waals surface area contributed by atoms with Gasteiger partial charge in [-0.05, 0) is 55.9 Å². The van der Waals surface area contributed by atoms with Crippen molar-refractivity contribution < 1.29 is 17.2 Å². The highest BCUT2D eigenvalue weighted by atomic mass is 35.5. The summed E-state index contributed by atoms with van der Waals surface area (Å²) in [5, 5.41) is 8.10. The molecule has 0 amide bonds. The first-order chi connectivity index (χ1) is 18.9. The van der Waals surface area contributed by atoms with Crippen molar-refractivity contribution in [2.24, 2.45) is 5.92 Å². The van der Waals surface area contributed by atoms with Crippen LogP contribution in [0.5, 0.6) is 0 Å². The van der Waals surface area contributed by atoms with Gasteiger partial charge in [0.25, 0.3) is 10.0 Å². The van der Waals surface area contributed by atoms with Crippen LogP contribution in [0.1, 0.15) is 32.6 Å². The van der Waals surface area contributed by atoms with Gasteiger partial charge in [-0.2, -0.15) is 0 Å². The summed E-state index contributed by atoms with van der Waals surface area (Å²) in [6, 6.07) is 5.62. The van der Waals surface area contributed by atoms with Crippen molar-refractivity contribution >= 4 is 33.0 Å². The van der Waals surface area contributed by atoms with Gasteiger partial charge in [-0.3, -0.25) is 9.71 Å². The molecule has 39 heavy (non-hydrogen) atoms. The van der Waals surface area contributed by atoms with Crippen molar-refractivity contribution in [3.8, 4) is 16.9 Å². The summed E-state index contributed by atoms with van der Waals surface area (Å²) in [5.41, 5.74) is 1.99. The molecule has 1 aliphatic rings. The van der Waals surface area contributed by atoms with Crippen LogP contribution in [-0.2, 0) is 10.0 Å². The topological polar surface area (TPSA) is 106 Å². The standard InChI is InChI=1S/C27H28ClFN6O3S/c1-2-11-34(12-4-3-5-19-6-7-19)21-14-20(15-30-16-21)25-17-35(33-31-25)27-23(29)8-9-24(26(27)28)32-39(36,37)22-10-13-38-18-22/h3,5,8-10,13-19,32H,2,4,6-7,11-12H2,1H3/b5-3-. The van der Waals surface area contributed by atoms with E-state index in [1.54, 1.807) is 6.20 Å². The fourth-order valence-electron chi connectivity index (χ4n) is 4.13. The quantitative estimate of drug-likeness (QED) is 0.205. The lowest BCUT2D eigenvalue weighted by atomic mass is 10.2. The average Bonchev–Trinajstić information content (AvgIpc) is 3.36. The fraction of sp³-hybridized carbons (Fsp3) is 0.296. The van der Waals surface area contributed by atoms with Crippen LogP contribution in [0.3, 0.4) is 0 Å². The third-order valence-corrected chi connectivity index (χ3v) is 8.04. The maximum absolute atomic E-state index is 14.9. The summed E-state index contributed by atoms with van der Waals surface area (Å²) in [4.78, 5) is 6.60. The molecule has 0 atom stereocenters. The van der Waals surface area contributed by atoms with Crippen LogP contribution >= 0.6 is 11.6 Å². The number of hydrogen-bond donors (Lipinski definition) is 1. The second-order valence-electron chi connectivity index (χ2n) is 9.34. The Bertz CT molecular complexity index is 1570. The molecular formula is C27H28ClFN6O3S.